The van der Waals surface area contributed by atoms with Crippen LogP contribution in [0, 0.1) is 33.5 Å². The number of nitriles is 1. The lowest BCUT2D eigenvalue weighted by atomic mass is 9.49. The van der Waals surface area contributed by atoms with Crippen molar-refractivity contribution in [2.24, 2.45) is 22.2 Å². The molecule has 1 N–H and O–H groups in total. The Morgan fingerprint density at radius 1 is 0.803 bits per heavy atom. The second kappa shape index (κ2) is 14.0. The normalized spacial score (nSPS) is 26.4. The van der Waals surface area contributed by atoms with Crippen molar-refractivity contribution in [3.63, 3.8) is 0 Å². The van der Waals surface area contributed by atoms with Crippen molar-refractivity contribution in [2.45, 2.75) is 78.1 Å². The number of piperidine rings is 1. The predicted molar refractivity (Wildman–Crippen MR) is 227 cm³/mol. The van der Waals surface area contributed by atoms with E-state index in [1.807, 2.05) is 17.0 Å². The Morgan fingerprint density at radius 3 is 2.15 bits per heavy atom. The number of hydrogen-bond acceptors (Lipinski definition) is 10. The van der Waals surface area contributed by atoms with Crippen LogP contribution >= 0.6 is 11.6 Å². The van der Waals surface area contributed by atoms with E-state index in [1.165, 1.54) is 12.8 Å². The van der Waals surface area contributed by atoms with Crippen LogP contribution in [-0.2, 0) is 16.1 Å². The first-order valence-corrected chi connectivity index (χ1v) is 21.8. The molecule has 0 bridgehead atoms. The van der Waals surface area contributed by atoms with Crippen LogP contribution in [0.3, 0.4) is 0 Å². The Labute approximate surface area is 360 Å². The Morgan fingerprint density at radius 2 is 1.48 bits per heavy atom. The predicted octanol–water partition coefficient (Wildman–Crippen LogP) is 5.49. The Hall–Kier alpha value is -5.45. The van der Waals surface area contributed by atoms with Crippen molar-refractivity contribution in [1.82, 2.24) is 20.0 Å². The van der Waals surface area contributed by atoms with Crippen molar-refractivity contribution in [1.29, 1.82) is 5.26 Å². The quantitative estimate of drug-likeness (QED) is 0.289. The fourth-order valence-electron chi connectivity index (χ4n) is 12.5. The number of benzene rings is 3. The molecule has 3 aromatic carbocycles. The molecular weight excluding hydrogens is 794 g/mol. The summed E-state index contributed by atoms with van der Waals surface area (Å²) >= 11 is 6.31. The number of ether oxygens (including phenoxy) is 1. The van der Waals surface area contributed by atoms with E-state index < -0.39 is 23.8 Å². The summed E-state index contributed by atoms with van der Waals surface area (Å²) < 4.78 is 6.51. The Bertz CT molecular complexity index is 2440. The number of piperazine rings is 1. The van der Waals surface area contributed by atoms with Gasteiger partial charge in [-0.25, -0.2) is 0 Å². The van der Waals surface area contributed by atoms with Crippen molar-refractivity contribution in [3.05, 3.63) is 87.4 Å². The number of rotatable bonds is 8. The molecule has 2 saturated carbocycles. The second-order valence-corrected chi connectivity index (χ2v) is 20.1. The zero-order valence-corrected chi connectivity index (χ0v) is 35.8. The van der Waals surface area contributed by atoms with E-state index in [2.05, 4.69) is 65.9 Å². The number of carbonyl (C=O) groups excluding carboxylic acids is 5. The maximum absolute atomic E-state index is 13.9. The van der Waals surface area contributed by atoms with Crippen molar-refractivity contribution in [3.8, 4) is 11.8 Å². The standard InChI is InChI=1S/C47H50ClN7O6/c1-45(2)43(46(3,4)44(45)61-32-8-5-28(22-49)36(48)19-32)54-24-29-17-30(6-9-33(29)40(54)58)52-15-13-51(14-16-52)23-27-20-47(21-27)25-53(26-47)31-7-10-34-35(18-31)42(60)55(41(34)59)37-11-12-38(56)50-39(37)57/h5-10,17-19,27,37,43-44H,11-16,20-21,23-26H2,1-4H3,(H,50,56,57). The van der Waals surface area contributed by atoms with Gasteiger partial charge < -0.3 is 19.4 Å². The molecule has 5 aliphatic heterocycles. The summed E-state index contributed by atoms with van der Waals surface area (Å²) in [6.07, 6.45) is 2.43. The van der Waals surface area contributed by atoms with Crippen molar-refractivity contribution < 1.29 is 28.7 Å². The third-order valence-electron chi connectivity index (χ3n) is 14.8. The summed E-state index contributed by atoms with van der Waals surface area (Å²) in [4.78, 5) is 74.9. The summed E-state index contributed by atoms with van der Waals surface area (Å²) in [5.74, 6) is -0.596. The second-order valence-electron chi connectivity index (χ2n) is 19.7. The molecule has 14 heteroatoms. The molecule has 3 aromatic rings. The minimum absolute atomic E-state index is 0.0315. The van der Waals surface area contributed by atoms with E-state index in [0.29, 0.717) is 39.9 Å². The molecule has 5 heterocycles. The van der Waals surface area contributed by atoms with Crippen LogP contribution in [0.25, 0.3) is 0 Å². The van der Waals surface area contributed by atoms with Gasteiger partial charge in [0.1, 0.15) is 24.0 Å². The third kappa shape index (κ3) is 6.31. The van der Waals surface area contributed by atoms with Gasteiger partial charge in [0.25, 0.3) is 17.7 Å². The van der Waals surface area contributed by atoms with Gasteiger partial charge in [-0.15, -0.1) is 0 Å². The van der Waals surface area contributed by atoms with Crippen LogP contribution in [0.2, 0.25) is 5.02 Å². The highest BCUT2D eigenvalue weighted by atomic mass is 35.5. The lowest BCUT2D eigenvalue weighted by Gasteiger charge is -2.65. The molecule has 13 nitrogen and oxygen atoms in total. The van der Waals surface area contributed by atoms with E-state index in [0.717, 1.165) is 73.2 Å². The van der Waals surface area contributed by atoms with Gasteiger partial charge >= 0.3 is 0 Å². The number of amides is 5. The monoisotopic (exact) mass is 843 g/mol. The highest BCUT2D eigenvalue weighted by molar-refractivity contribution is 6.31. The Kier molecular flexibility index (Phi) is 9.13. The number of nitrogens with zero attached hydrogens (tertiary/aromatic N) is 6. The van der Waals surface area contributed by atoms with Crippen LogP contribution in [0.5, 0.6) is 5.75 Å². The first-order valence-electron chi connectivity index (χ1n) is 21.4. The number of fused-ring (bicyclic) bond motifs is 2. The van der Waals surface area contributed by atoms with Crippen LogP contribution in [0.15, 0.2) is 54.6 Å². The smallest absolute Gasteiger partial charge is 0.262 e. The zero-order valence-electron chi connectivity index (χ0n) is 35.0. The topological polar surface area (TPSA) is 147 Å². The molecule has 5 fully saturated rings. The van der Waals surface area contributed by atoms with Gasteiger partial charge in [0.15, 0.2) is 0 Å². The maximum Gasteiger partial charge on any atom is 0.262 e. The number of halogens is 1. The molecule has 61 heavy (non-hydrogen) atoms. The largest absolute Gasteiger partial charge is 0.489 e. The average Bonchev–Trinajstić information content (AvgIpc) is 3.64. The average molecular weight is 844 g/mol. The molecule has 3 saturated heterocycles. The van der Waals surface area contributed by atoms with E-state index in [-0.39, 0.29) is 53.0 Å². The molecule has 2 aliphatic carbocycles. The minimum Gasteiger partial charge on any atom is -0.489 e. The van der Waals surface area contributed by atoms with Crippen LogP contribution in [0.1, 0.15) is 95.6 Å². The third-order valence-corrected chi connectivity index (χ3v) is 15.2. The number of imide groups is 2. The molecular formula is C47H50ClN7O6. The van der Waals surface area contributed by atoms with Crippen LogP contribution in [-0.4, -0.2) is 108 Å². The van der Waals surface area contributed by atoms with E-state index in [1.54, 1.807) is 30.3 Å². The molecule has 1 spiro atoms. The highest BCUT2D eigenvalue weighted by Gasteiger charge is 2.67. The van der Waals surface area contributed by atoms with Crippen LogP contribution in [0.4, 0.5) is 11.4 Å². The number of hydrogen-bond donors (Lipinski definition) is 1. The maximum atomic E-state index is 13.9. The molecule has 1 unspecified atom stereocenters. The fraction of sp³-hybridized carbons (Fsp3) is 0.489. The SMILES string of the molecule is CC1(C)C(Oc2ccc(C#N)c(Cl)c2)C(C)(C)C1N1Cc2cc(N3CCN(CC4CC5(C4)CN(c4ccc6c(c4)C(=O)N(C4CCC(=O)NC4=O)C6=O)C5)CC3)ccc2C1=O. The molecule has 10 rings (SSSR count). The summed E-state index contributed by atoms with van der Waals surface area (Å²) in [5.41, 5.74) is 4.62. The van der Waals surface area contributed by atoms with E-state index >= 15 is 0 Å². The molecule has 7 aliphatic rings. The number of carbonyl (C=O) groups is 5. The van der Waals surface area contributed by atoms with Crippen LogP contribution < -0.4 is 19.9 Å². The van der Waals surface area contributed by atoms with Crippen molar-refractivity contribution >= 4 is 52.5 Å². The molecule has 316 valence electrons. The lowest BCUT2D eigenvalue weighted by molar-refractivity contribution is -0.199. The van der Waals surface area contributed by atoms with Gasteiger partial charge in [-0.2, -0.15) is 5.26 Å². The minimum atomic E-state index is -0.965. The lowest BCUT2D eigenvalue weighted by Crippen LogP contribution is -2.74. The molecule has 0 aromatic heterocycles. The summed E-state index contributed by atoms with van der Waals surface area (Å²) in [6, 6.07) is 18.0. The van der Waals surface area contributed by atoms with Gasteiger partial charge in [0.05, 0.1) is 21.7 Å². The zero-order chi connectivity index (χ0) is 42.7. The highest BCUT2D eigenvalue weighted by Crippen LogP contribution is 2.59. The fourth-order valence-corrected chi connectivity index (χ4v) is 12.7. The summed E-state index contributed by atoms with van der Waals surface area (Å²) in [6.45, 7) is 16.0. The van der Waals surface area contributed by atoms with E-state index in [4.69, 9.17) is 16.3 Å². The number of nitrogens with one attached hydrogen (secondary N) is 1. The summed E-state index contributed by atoms with van der Waals surface area (Å²) in [7, 11) is 0. The Balaban J connectivity index is 0.700. The summed E-state index contributed by atoms with van der Waals surface area (Å²) in [5, 5.41) is 11.9. The first kappa shape index (κ1) is 39.7. The molecule has 5 amide bonds. The van der Waals surface area contributed by atoms with Gasteiger partial charge in [-0.05, 0) is 79.3 Å². The van der Waals surface area contributed by atoms with Gasteiger partial charge in [0.2, 0.25) is 11.8 Å². The van der Waals surface area contributed by atoms with E-state index in [9.17, 15) is 29.2 Å². The van der Waals surface area contributed by atoms with Gasteiger partial charge in [-0.3, -0.25) is 39.1 Å². The first-order chi connectivity index (χ1) is 29.1. The van der Waals surface area contributed by atoms with Gasteiger partial charge in [0, 0.05) is 104 Å². The number of anilines is 2. The molecule has 1 atom stereocenters. The molecule has 0 radical (unpaired) electrons. The van der Waals surface area contributed by atoms with Crippen molar-refractivity contribution in [2.75, 3.05) is 55.6 Å². The van der Waals surface area contributed by atoms with Gasteiger partial charge in [-0.1, -0.05) is 39.3 Å².